The number of hydrogen-bond donors (Lipinski definition) is 0. The standard InChI is InChI=1S/C39H36F2N4O/c1-3-4-5-6-7-10-23-46-39-36(44-34-11-8-9-12-35(34)45-39)22-21-33-26(2)42-37-24-31(27-13-17-29(40)18-14-27)32(25-38(37)43-33)28-15-19-30(41)20-16-28/h8-9,11-22,24-25H,3-7,10,23H2,1-2H3/b22-21+. The summed E-state index contributed by atoms with van der Waals surface area (Å²) in [6.45, 7) is 4.72. The third-order valence-corrected chi connectivity index (χ3v) is 8.02. The smallest absolute Gasteiger partial charge is 0.240 e. The summed E-state index contributed by atoms with van der Waals surface area (Å²) in [5, 5.41) is 0. The van der Waals surface area contributed by atoms with Crippen molar-refractivity contribution in [3.8, 4) is 28.1 Å². The molecule has 232 valence electrons. The lowest BCUT2D eigenvalue weighted by atomic mass is 9.93. The summed E-state index contributed by atoms with van der Waals surface area (Å²) in [6.07, 6.45) is 10.8. The van der Waals surface area contributed by atoms with E-state index in [2.05, 4.69) is 6.92 Å². The molecule has 0 fully saturated rings. The fraction of sp³-hybridized carbons (Fsp3) is 0.231. The predicted molar refractivity (Wildman–Crippen MR) is 182 cm³/mol. The first-order valence-electron chi connectivity index (χ1n) is 15.9. The molecule has 0 atom stereocenters. The SMILES string of the molecule is CCCCCCCCOc1nc2ccccc2nc1/C=C/c1nc2cc(-c3ccc(F)cc3)c(-c3ccc(F)cc3)cc2nc1C. The van der Waals surface area contributed by atoms with E-state index in [9.17, 15) is 8.78 Å². The van der Waals surface area contributed by atoms with Crippen LogP contribution in [0, 0.1) is 18.6 Å². The van der Waals surface area contributed by atoms with Crippen molar-refractivity contribution in [3.63, 3.8) is 0 Å². The maximum absolute atomic E-state index is 13.8. The number of unbranched alkanes of at least 4 members (excludes halogenated alkanes) is 5. The second-order valence-corrected chi connectivity index (χ2v) is 11.4. The van der Waals surface area contributed by atoms with Crippen molar-refractivity contribution in [1.29, 1.82) is 0 Å². The molecule has 2 heterocycles. The molecule has 0 saturated heterocycles. The summed E-state index contributed by atoms with van der Waals surface area (Å²) < 4.78 is 33.7. The molecule has 0 aliphatic heterocycles. The molecule has 0 radical (unpaired) electrons. The van der Waals surface area contributed by atoms with Crippen LogP contribution in [0.2, 0.25) is 0 Å². The molecule has 0 aliphatic rings. The number of fused-ring (bicyclic) bond motifs is 2. The quantitative estimate of drug-likeness (QED) is 0.128. The lowest BCUT2D eigenvalue weighted by Crippen LogP contribution is -2.03. The van der Waals surface area contributed by atoms with Gasteiger partial charge in [0.25, 0.3) is 0 Å². The van der Waals surface area contributed by atoms with E-state index in [-0.39, 0.29) is 11.6 Å². The Kier molecular flexibility index (Phi) is 9.68. The molecule has 4 aromatic carbocycles. The van der Waals surface area contributed by atoms with Gasteiger partial charge in [0, 0.05) is 0 Å². The van der Waals surface area contributed by atoms with Crippen LogP contribution >= 0.6 is 0 Å². The van der Waals surface area contributed by atoms with Crippen LogP contribution in [0.3, 0.4) is 0 Å². The second kappa shape index (κ2) is 14.4. The summed E-state index contributed by atoms with van der Waals surface area (Å²) in [7, 11) is 0. The van der Waals surface area contributed by atoms with E-state index < -0.39 is 0 Å². The predicted octanol–water partition coefficient (Wildman–Crippen LogP) is 10.4. The molecule has 0 saturated carbocycles. The maximum atomic E-state index is 13.8. The lowest BCUT2D eigenvalue weighted by Gasteiger charge is -2.13. The van der Waals surface area contributed by atoms with Gasteiger partial charge >= 0.3 is 0 Å². The zero-order valence-corrected chi connectivity index (χ0v) is 26.1. The van der Waals surface area contributed by atoms with E-state index in [0.29, 0.717) is 34.9 Å². The zero-order valence-electron chi connectivity index (χ0n) is 26.1. The maximum Gasteiger partial charge on any atom is 0.240 e. The molecule has 6 rings (SSSR count). The minimum absolute atomic E-state index is 0.313. The summed E-state index contributed by atoms with van der Waals surface area (Å²) in [5.74, 6) is -0.132. The molecule has 0 amide bonds. The van der Waals surface area contributed by atoms with Gasteiger partial charge in [0.1, 0.15) is 17.3 Å². The lowest BCUT2D eigenvalue weighted by molar-refractivity contribution is 0.292. The topological polar surface area (TPSA) is 60.8 Å². The number of ether oxygens (including phenoxy) is 1. The van der Waals surface area contributed by atoms with Crippen LogP contribution in [0.5, 0.6) is 5.88 Å². The Morgan fingerprint density at radius 1 is 0.587 bits per heavy atom. The van der Waals surface area contributed by atoms with Crippen LogP contribution in [-0.4, -0.2) is 26.5 Å². The van der Waals surface area contributed by atoms with Gasteiger partial charge in [-0.1, -0.05) is 75.4 Å². The van der Waals surface area contributed by atoms with E-state index in [1.165, 1.54) is 49.9 Å². The zero-order chi connectivity index (χ0) is 31.9. The highest BCUT2D eigenvalue weighted by molar-refractivity contribution is 5.94. The van der Waals surface area contributed by atoms with Gasteiger partial charge in [-0.15, -0.1) is 0 Å². The van der Waals surface area contributed by atoms with E-state index in [4.69, 9.17) is 24.7 Å². The van der Waals surface area contributed by atoms with Crippen LogP contribution in [0.25, 0.3) is 56.5 Å². The number of aryl methyl sites for hydroxylation is 1. The summed E-state index contributed by atoms with van der Waals surface area (Å²) >= 11 is 0. The first-order valence-corrected chi connectivity index (χ1v) is 15.9. The monoisotopic (exact) mass is 614 g/mol. The van der Waals surface area contributed by atoms with E-state index >= 15 is 0 Å². The fourth-order valence-corrected chi connectivity index (χ4v) is 5.52. The Balaban J connectivity index is 1.35. The van der Waals surface area contributed by atoms with Crippen LogP contribution in [0.4, 0.5) is 8.78 Å². The van der Waals surface area contributed by atoms with Crippen LogP contribution in [0.15, 0.2) is 84.9 Å². The average Bonchev–Trinajstić information content (AvgIpc) is 3.07. The third-order valence-electron chi connectivity index (χ3n) is 8.02. The Hall–Kier alpha value is -5.04. The van der Waals surface area contributed by atoms with Gasteiger partial charge in [0.05, 0.1) is 40.1 Å². The highest BCUT2D eigenvalue weighted by atomic mass is 19.1. The van der Waals surface area contributed by atoms with Gasteiger partial charge in [-0.2, -0.15) is 0 Å². The first-order chi connectivity index (χ1) is 22.5. The number of aromatic nitrogens is 4. The minimum Gasteiger partial charge on any atom is -0.476 e. The van der Waals surface area contributed by atoms with Crippen molar-refractivity contribution in [3.05, 3.63) is 114 Å². The molecule has 0 bridgehead atoms. The molecular formula is C39H36F2N4O. The number of benzene rings is 4. The van der Waals surface area contributed by atoms with E-state index in [1.54, 1.807) is 24.3 Å². The minimum atomic E-state index is -0.317. The summed E-state index contributed by atoms with van der Waals surface area (Å²) in [5.41, 5.74) is 8.35. The normalized spacial score (nSPS) is 11.6. The first kappa shape index (κ1) is 31.0. The Morgan fingerprint density at radius 2 is 1.11 bits per heavy atom. The van der Waals surface area contributed by atoms with Crippen molar-refractivity contribution in [2.45, 2.75) is 52.4 Å². The van der Waals surface area contributed by atoms with E-state index in [1.807, 2.05) is 55.5 Å². The number of nitrogens with zero attached hydrogens (tertiary/aromatic N) is 4. The van der Waals surface area contributed by atoms with Crippen molar-refractivity contribution >= 4 is 34.2 Å². The molecule has 0 unspecified atom stereocenters. The van der Waals surface area contributed by atoms with Crippen LogP contribution in [0.1, 0.15) is 62.5 Å². The molecule has 5 nitrogen and oxygen atoms in total. The second-order valence-electron chi connectivity index (χ2n) is 11.4. The van der Waals surface area contributed by atoms with Crippen LogP contribution in [-0.2, 0) is 0 Å². The van der Waals surface area contributed by atoms with Gasteiger partial charge in [0.15, 0.2) is 0 Å². The van der Waals surface area contributed by atoms with E-state index in [0.717, 1.165) is 51.8 Å². The molecular weight excluding hydrogens is 578 g/mol. The van der Waals surface area contributed by atoms with Gasteiger partial charge in [-0.3, -0.25) is 0 Å². The summed E-state index contributed by atoms with van der Waals surface area (Å²) in [4.78, 5) is 19.5. The molecule has 0 spiro atoms. The Morgan fingerprint density at radius 3 is 1.74 bits per heavy atom. The van der Waals surface area contributed by atoms with Crippen molar-refractivity contribution in [2.75, 3.05) is 6.61 Å². The number of halogens is 2. The molecule has 0 aliphatic carbocycles. The van der Waals surface area contributed by atoms with Crippen molar-refractivity contribution < 1.29 is 13.5 Å². The van der Waals surface area contributed by atoms with Crippen molar-refractivity contribution in [2.24, 2.45) is 0 Å². The fourth-order valence-electron chi connectivity index (χ4n) is 5.52. The molecule has 6 aromatic rings. The summed E-state index contributed by atoms with van der Waals surface area (Å²) in [6, 6.07) is 24.3. The van der Waals surface area contributed by atoms with Gasteiger partial charge in [-0.25, -0.2) is 28.7 Å². The van der Waals surface area contributed by atoms with Gasteiger partial charge < -0.3 is 4.74 Å². The molecule has 7 heteroatoms. The van der Waals surface area contributed by atoms with Gasteiger partial charge in [0.2, 0.25) is 5.88 Å². The molecule has 2 aromatic heterocycles. The number of rotatable bonds is 12. The molecule has 0 N–H and O–H groups in total. The third kappa shape index (κ3) is 7.26. The Labute approximate surface area is 268 Å². The molecule has 46 heavy (non-hydrogen) atoms. The highest BCUT2D eigenvalue weighted by Gasteiger charge is 2.14. The van der Waals surface area contributed by atoms with Crippen molar-refractivity contribution in [1.82, 2.24) is 19.9 Å². The highest BCUT2D eigenvalue weighted by Crippen LogP contribution is 2.35. The average molecular weight is 615 g/mol. The van der Waals surface area contributed by atoms with Crippen LogP contribution < -0.4 is 4.74 Å². The Bertz CT molecular complexity index is 1990. The number of hydrogen-bond acceptors (Lipinski definition) is 5. The van der Waals surface area contributed by atoms with Gasteiger partial charge in [-0.05, 0) is 96.3 Å². The largest absolute Gasteiger partial charge is 0.476 e. The number of para-hydroxylation sites is 2.